The Kier molecular flexibility index (Phi) is 2.31. The summed E-state index contributed by atoms with van der Waals surface area (Å²) in [6.45, 7) is 0. The van der Waals surface area contributed by atoms with E-state index in [1.165, 1.54) is 32.3 Å². The molecule has 0 bridgehead atoms. The maximum Gasteiger partial charge on any atom is 0.283 e. The van der Waals surface area contributed by atoms with E-state index >= 15 is 0 Å². The molecular weight excluding hydrogens is 226 g/mol. The highest BCUT2D eigenvalue weighted by Crippen LogP contribution is 2.19. The molecule has 0 aliphatic carbocycles. The first-order valence-electron chi connectivity index (χ1n) is 4.78. The van der Waals surface area contributed by atoms with Crippen molar-refractivity contribution in [2.75, 3.05) is 0 Å². The highest BCUT2D eigenvalue weighted by molar-refractivity contribution is 5.89. The summed E-state index contributed by atoms with van der Waals surface area (Å²) in [6, 6.07) is 4.01. The average Bonchev–Trinajstić information content (AvgIpc) is 2.32. The van der Waals surface area contributed by atoms with Gasteiger partial charge in [-0.3, -0.25) is 29.1 Å². The van der Waals surface area contributed by atoms with Gasteiger partial charge >= 0.3 is 0 Å². The molecule has 0 aliphatic heterocycles. The fraction of sp³-hybridized carbons (Fsp3) is 0.200. The molecule has 0 fully saturated rings. The molecule has 0 atom stereocenters. The van der Waals surface area contributed by atoms with Gasteiger partial charge in [-0.25, -0.2) is 0 Å². The molecule has 7 nitrogen and oxygen atoms in total. The zero-order valence-corrected chi connectivity index (χ0v) is 9.21. The lowest BCUT2D eigenvalue weighted by atomic mass is 10.1. The van der Waals surface area contributed by atoms with E-state index in [-0.39, 0.29) is 16.5 Å². The lowest BCUT2D eigenvalue weighted by Gasteiger charge is -2.07. The van der Waals surface area contributed by atoms with Crippen LogP contribution in [-0.2, 0) is 14.1 Å². The molecule has 0 radical (unpaired) electrons. The van der Waals surface area contributed by atoms with E-state index in [0.717, 1.165) is 9.36 Å². The number of non-ortho nitro benzene ring substituents is 1. The van der Waals surface area contributed by atoms with Crippen LogP contribution < -0.4 is 11.1 Å². The van der Waals surface area contributed by atoms with Crippen molar-refractivity contribution in [2.24, 2.45) is 14.1 Å². The third-order valence-electron chi connectivity index (χ3n) is 2.72. The van der Waals surface area contributed by atoms with Crippen LogP contribution in [0, 0.1) is 10.1 Å². The van der Waals surface area contributed by atoms with Gasteiger partial charge in [-0.05, 0) is 6.07 Å². The summed E-state index contributed by atoms with van der Waals surface area (Å²) >= 11 is 0. The SMILES string of the molecule is Cn1c(=O)c2cccc([N+](=O)[O-])c2c(=O)n1C. The smallest absolute Gasteiger partial charge is 0.267 e. The summed E-state index contributed by atoms with van der Waals surface area (Å²) in [7, 11) is 2.82. The highest BCUT2D eigenvalue weighted by Gasteiger charge is 2.18. The number of fused-ring (bicyclic) bond motifs is 1. The number of nitrogens with zero attached hydrogens (tertiary/aromatic N) is 3. The monoisotopic (exact) mass is 235 g/mol. The van der Waals surface area contributed by atoms with Crippen molar-refractivity contribution in [1.82, 2.24) is 9.36 Å². The lowest BCUT2D eigenvalue weighted by Crippen LogP contribution is -2.35. The molecule has 7 heteroatoms. The maximum absolute atomic E-state index is 11.9. The van der Waals surface area contributed by atoms with E-state index in [2.05, 4.69) is 0 Å². The Morgan fingerprint density at radius 2 is 1.71 bits per heavy atom. The molecule has 0 amide bonds. The van der Waals surface area contributed by atoms with Crippen LogP contribution in [0.15, 0.2) is 27.8 Å². The van der Waals surface area contributed by atoms with Gasteiger partial charge in [-0.15, -0.1) is 0 Å². The number of nitro groups is 1. The van der Waals surface area contributed by atoms with Gasteiger partial charge in [-0.1, -0.05) is 6.07 Å². The summed E-state index contributed by atoms with van der Waals surface area (Å²) < 4.78 is 2.17. The van der Waals surface area contributed by atoms with E-state index in [4.69, 9.17) is 0 Å². The van der Waals surface area contributed by atoms with Crippen LogP contribution >= 0.6 is 0 Å². The van der Waals surface area contributed by atoms with Crippen LogP contribution in [0.2, 0.25) is 0 Å². The molecule has 88 valence electrons. The minimum Gasteiger partial charge on any atom is -0.267 e. The van der Waals surface area contributed by atoms with Gasteiger partial charge in [0.25, 0.3) is 16.8 Å². The Morgan fingerprint density at radius 1 is 1.12 bits per heavy atom. The normalized spacial score (nSPS) is 10.7. The number of nitro benzene ring substituents is 1. The van der Waals surface area contributed by atoms with Crippen molar-refractivity contribution in [3.8, 4) is 0 Å². The van der Waals surface area contributed by atoms with E-state index in [1.54, 1.807) is 0 Å². The molecule has 0 unspecified atom stereocenters. The molecule has 0 N–H and O–H groups in total. The minimum atomic E-state index is -0.664. The van der Waals surface area contributed by atoms with Gasteiger partial charge in [0.15, 0.2) is 0 Å². The van der Waals surface area contributed by atoms with Crippen LogP contribution in [0.25, 0.3) is 10.8 Å². The van der Waals surface area contributed by atoms with E-state index < -0.39 is 16.0 Å². The number of benzene rings is 1. The predicted molar refractivity (Wildman–Crippen MR) is 61.1 cm³/mol. The molecule has 2 rings (SSSR count). The fourth-order valence-electron chi connectivity index (χ4n) is 1.70. The van der Waals surface area contributed by atoms with Crippen molar-refractivity contribution in [1.29, 1.82) is 0 Å². The topological polar surface area (TPSA) is 87.1 Å². The third-order valence-corrected chi connectivity index (χ3v) is 2.72. The minimum absolute atomic E-state index is 0.0600. The number of hydrogen-bond acceptors (Lipinski definition) is 4. The summed E-state index contributed by atoms with van der Waals surface area (Å²) in [5.74, 6) is 0. The second kappa shape index (κ2) is 3.55. The van der Waals surface area contributed by atoms with Crippen LogP contribution in [0.3, 0.4) is 0 Å². The predicted octanol–water partition coefficient (Wildman–Crippen LogP) is 0.145. The number of hydrogen-bond donors (Lipinski definition) is 0. The highest BCUT2D eigenvalue weighted by atomic mass is 16.6. The van der Waals surface area contributed by atoms with Crippen molar-refractivity contribution in [3.63, 3.8) is 0 Å². The Labute approximate surface area is 94.6 Å². The van der Waals surface area contributed by atoms with E-state index in [0.29, 0.717) is 0 Å². The van der Waals surface area contributed by atoms with Gasteiger partial charge < -0.3 is 0 Å². The van der Waals surface area contributed by atoms with Gasteiger partial charge in [0, 0.05) is 20.2 Å². The quantitative estimate of drug-likeness (QED) is 0.519. The Balaban J connectivity index is 3.18. The summed E-state index contributed by atoms with van der Waals surface area (Å²) in [5, 5.41) is 10.7. The number of aromatic nitrogens is 2. The lowest BCUT2D eigenvalue weighted by molar-refractivity contribution is -0.383. The van der Waals surface area contributed by atoms with E-state index in [9.17, 15) is 19.7 Å². The summed E-state index contributed by atoms with van der Waals surface area (Å²) in [5.41, 5.74) is -1.35. The third kappa shape index (κ3) is 1.43. The molecule has 1 heterocycles. The van der Waals surface area contributed by atoms with Gasteiger partial charge in [-0.2, -0.15) is 0 Å². The van der Waals surface area contributed by atoms with Crippen LogP contribution in [0.1, 0.15) is 0 Å². The first-order valence-corrected chi connectivity index (χ1v) is 4.78. The molecule has 0 saturated carbocycles. The zero-order valence-electron chi connectivity index (χ0n) is 9.21. The summed E-state index contributed by atoms with van der Waals surface area (Å²) in [6.07, 6.45) is 0. The van der Waals surface area contributed by atoms with Gasteiger partial charge in [0.2, 0.25) is 0 Å². The van der Waals surface area contributed by atoms with Crippen LogP contribution in [-0.4, -0.2) is 14.3 Å². The first kappa shape index (κ1) is 11.1. The molecule has 1 aromatic carbocycles. The Bertz CT molecular complexity index is 742. The van der Waals surface area contributed by atoms with Crippen molar-refractivity contribution < 1.29 is 4.92 Å². The van der Waals surface area contributed by atoms with Gasteiger partial charge in [0.1, 0.15) is 5.39 Å². The van der Waals surface area contributed by atoms with Crippen molar-refractivity contribution in [3.05, 3.63) is 49.0 Å². The maximum atomic E-state index is 11.9. The molecule has 1 aromatic heterocycles. The molecule has 0 spiro atoms. The first-order chi connectivity index (χ1) is 7.95. The summed E-state index contributed by atoms with van der Waals surface area (Å²) in [4.78, 5) is 33.9. The van der Waals surface area contributed by atoms with Crippen molar-refractivity contribution >= 4 is 16.5 Å². The molecule has 2 aromatic rings. The molecule has 17 heavy (non-hydrogen) atoms. The standard InChI is InChI=1S/C10H9N3O4/c1-11-9(14)6-4-3-5-7(13(16)17)8(6)10(15)12(11)2/h3-5H,1-2H3. The Morgan fingerprint density at radius 3 is 2.29 bits per heavy atom. The second-order valence-electron chi connectivity index (χ2n) is 3.61. The largest absolute Gasteiger partial charge is 0.283 e. The van der Waals surface area contributed by atoms with Crippen LogP contribution in [0.5, 0.6) is 0 Å². The van der Waals surface area contributed by atoms with Crippen LogP contribution in [0.4, 0.5) is 5.69 Å². The molecule has 0 aliphatic rings. The van der Waals surface area contributed by atoms with Crippen molar-refractivity contribution in [2.45, 2.75) is 0 Å². The zero-order chi connectivity index (χ0) is 12.7. The molecule has 0 saturated heterocycles. The van der Waals surface area contributed by atoms with Gasteiger partial charge in [0.05, 0.1) is 10.3 Å². The average molecular weight is 235 g/mol. The molecular formula is C10H9N3O4. The second-order valence-corrected chi connectivity index (χ2v) is 3.61. The fourth-order valence-corrected chi connectivity index (χ4v) is 1.70. The number of rotatable bonds is 1. The van der Waals surface area contributed by atoms with E-state index in [1.807, 2.05) is 0 Å². The Hall–Kier alpha value is -2.44.